The lowest BCUT2D eigenvalue weighted by molar-refractivity contribution is -0.0309. The summed E-state index contributed by atoms with van der Waals surface area (Å²) in [5, 5.41) is 23.4. The first kappa shape index (κ1) is 19.9. The summed E-state index contributed by atoms with van der Waals surface area (Å²) in [6.45, 7) is 2.30. The maximum Gasteiger partial charge on any atom is 0.145 e. The number of imidazole rings is 1. The van der Waals surface area contributed by atoms with Crippen molar-refractivity contribution < 1.29 is 14.9 Å². The Morgan fingerprint density at radius 3 is 2.94 bits per heavy atom. The van der Waals surface area contributed by atoms with Gasteiger partial charge >= 0.3 is 0 Å². The van der Waals surface area contributed by atoms with Crippen LogP contribution in [0.5, 0.6) is 0 Å². The number of rotatable bonds is 2. The first-order valence-electron chi connectivity index (χ1n) is 10.6. The molecule has 2 aliphatic rings. The van der Waals surface area contributed by atoms with Crippen molar-refractivity contribution in [3.63, 3.8) is 0 Å². The molecule has 1 spiro atoms. The van der Waals surface area contributed by atoms with E-state index in [9.17, 15) is 10.2 Å². The van der Waals surface area contributed by atoms with Crippen molar-refractivity contribution >= 4 is 34.1 Å². The Bertz CT molecular complexity index is 1350. The fraction of sp³-hybridized carbons (Fsp3) is 0.409. The zero-order chi connectivity index (χ0) is 22.2. The molecule has 1 aliphatic carbocycles. The lowest BCUT2D eigenvalue weighted by Crippen LogP contribution is -2.37. The molecule has 10 heteroatoms. The van der Waals surface area contributed by atoms with E-state index in [-0.39, 0.29) is 12.1 Å². The molecule has 2 fully saturated rings. The summed E-state index contributed by atoms with van der Waals surface area (Å²) in [6.07, 6.45) is 5.80. The number of hydrogen-bond donors (Lipinski definition) is 3. The highest BCUT2D eigenvalue weighted by molar-refractivity contribution is 6.31. The average molecular weight is 455 g/mol. The van der Waals surface area contributed by atoms with Gasteiger partial charge in [0.15, 0.2) is 0 Å². The molecule has 0 unspecified atom stereocenters. The van der Waals surface area contributed by atoms with Gasteiger partial charge in [0.2, 0.25) is 0 Å². The van der Waals surface area contributed by atoms with Crippen LogP contribution < -0.4 is 5.73 Å². The van der Waals surface area contributed by atoms with Crippen LogP contribution in [0.4, 0.5) is 5.82 Å². The summed E-state index contributed by atoms with van der Waals surface area (Å²) in [5.41, 5.74) is 8.66. The first-order valence-corrected chi connectivity index (χ1v) is 10.9. The zero-order valence-electron chi connectivity index (χ0n) is 17.4. The smallest absolute Gasteiger partial charge is 0.145 e. The lowest BCUT2D eigenvalue weighted by atomic mass is 9.80. The van der Waals surface area contributed by atoms with E-state index in [1.165, 1.54) is 6.33 Å². The van der Waals surface area contributed by atoms with E-state index in [4.69, 9.17) is 22.1 Å². The highest BCUT2D eigenvalue weighted by atomic mass is 35.5. The Hall–Kier alpha value is -2.72. The number of nitrogens with zero attached hydrogens (tertiary/aromatic N) is 5. The molecule has 1 saturated carbocycles. The van der Waals surface area contributed by atoms with Gasteiger partial charge < -0.3 is 29.7 Å². The fourth-order valence-corrected chi connectivity index (χ4v) is 5.71. The molecule has 32 heavy (non-hydrogen) atoms. The summed E-state index contributed by atoms with van der Waals surface area (Å²) in [6, 6.07) is 3.42. The SMILES string of the molecule is Cc1cnc2cc([C@H]3C[C@@]4(CO3)C[C@@H](n3ccc5c(N)ncnc53)[C@H](O)[C@@H]4O)c(Cl)cn12. The minimum Gasteiger partial charge on any atom is -0.390 e. The quantitative estimate of drug-likeness (QED) is 0.425. The molecule has 1 saturated heterocycles. The molecular formula is C22H23ClN6O3. The number of ether oxygens (including phenoxy) is 1. The van der Waals surface area contributed by atoms with Gasteiger partial charge in [0.05, 0.1) is 35.3 Å². The summed E-state index contributed by atoms with van der Waals surface area (Å²) in [7, 11) is 0. The van der Waals surface area contributed by atoms with E-state index in [0.29, 0.717) is 35.9 Å². The molecule has 0 amide bonds. The molecule has 0 aromatic carbocycles. The average Bonchev–Trinajstić information content (AvgIpc) is 3.53. The van der Waals surface area contributed by atoms with Gasteiger partial charge in [-0.25, -0.2) is 15.0 Å². The number of aryl methyl sites for hydroxylation is 1. The van der Waals surface area contributed by atoms with Crippen molar-refractivity contribution in [1.29, 1.82) is 0 Å². The third-order valence-electron chi connectivity index (χ3n) is 7.18. The minimum atomic E-state index is -0.961. The molecule has 6 rings (SSSR count). The standard InChI is InChI=1S/C22H23ClN6O3/c1-11-7-25-17-4-13(14(23)8-29(11)17)16-6-22(9-32-16)5-15(18(30)19(22)31)28-3-2-12-20(24)26-10-27-21(12)28/h2-4,7-8,10,15-16,18-19,30-31H,5-6,9H2,1H3,(H2,24,26,27)/t15-,16-,18+,19+,22-/m1/s1. The monoisotopic (exact) mass is 454 g/mol. The van der Waals surface area contributed by atoms with Crippen LogP contribution in [-0.4, -0.2) is 52.9 Å². The van der Waals surface area contributed by atoms with Crippen molar-refractivity contribution in [2.45, 2.75) is 44.1 Å². The number of aliphatic hydroxyl groups is 2. The summed E-state index contributed by atoms with van der Waals surface area (Å²) >= 11 is 6.59. The van der Waals surface area contributed by atoms with Gasteiger partial charge in [-0.1, -0.05) is 11.6 Å². The van der Waals surface area contributed by atoms with Crippen molar-refractivity contribution in [2.75, 3.05) is 12.3 Å². The number of halogens is 1. The predicted molar refractivity (Wildman–Crippen MR) is 118 cm³/mol. The van der Waals surface area contributed by atoms with Gasteiger partial charge in [0.25, 0.3) is 0 Å². The number of hydrogen-bond acceptors (Lipinski definition) is 7. The molecular weight excluding hydrogens is 432 g/mol. The molecule has 4 aromatic rings. The van der Waals surface area contributed by atoms with Crippen LogP contribution in [0.3, 0.4) is 0 Å². The third-order valence-corrected chi connectivity index (χ3v) is 7.50. The number of nitrogen functional groups attached to an aromatic ring is 1. The van der Waals surface area contributed by atoms with Crippen LogP contribution in [0.15, 0.2) is 37.1 Å². The van der Waals surface area contributed by atoms with Crippen LogP contribution in [0.2, 0.25) is 5.02 Å². The Kier molecular flexibility index (Phi) is 4.29. The van der Waals surface area contributed by atoms with E-state index in [1.807, 2.05) is 40.4 Å². The van der Waals surface area contributed by atoms with Crippen molar-refractivity contribution in [3.8, 4) is 0 Å². The molecule has 0 bridgehead atoms. The number of anilines is 1. The summed E-state index contributed by atoms with van der Waals surface area (Å²) < 4.78 is 9.98. The van der Waals surface area contributed by atoms with Crippen LogP contribution >= 0.6 is 11.6 Å². The van der Waals surface area contributed by atoms with Gasteiger partial charge in [0.1, 0.15) is 29.5 Å². The molecule has 5 heterocycles. The molecule has 4 aromatic heterocycles. The molecule has 9 nitrogen and oxygen atoms in total. The number of pyridine rings is 1. The van der Waals surface area contributed by atoms with E-state index in [2.05, 4.69) is 15.0 Å². The second kappa shape index (κ2) is 6.89. The van der Waals surface area contributed by atoms with Crippen LogP contribution in [0, 0.1) is 12.3 Å². The van der Waals surface area contributed by atoms with E-state index < -0.39 is 17.6 Å². The number of fused-ring (bicyclic) bond motifs is 2. The van der Waals surface area contributed by atoms with E-state index in [0.717, 1.165) is 22.3 Å². The second-order valence-corrected chi connectivity index (χ2v) is 9.40. The molecule has 5 atom stereocenters. The Labute approximate surface area is 188 Å². The molecule has 0 radical (unpaired) electrons. The summed E-state index contributed by atoms with van der Waals surface area (Å²) in [5.74, 6) is 0.389. The van der Waals surface area contributed by atoms with E-state index in [1.54, 1.807) is 6.20 Å². The first-order chi connectivity index (χ1) is 15.4. The van der Waals surface area contributed by atoms with Gasteiger partial charge in [0, 0.05) is 35.3 Å². The van der Waals surface area contributed by atoms with Gasteiger partial charge in [-0.3, -0.25) is 0 Å². The topological polar surface area (TPSA) is 124 Å². The van der Waals surface area contributed by atoms with Crippen LogP contribution in [0.25, 0.3) is 16.7 Å². The lowest BCUT2D eigenvalue weighted by Gasteiger charge is -2.26. The Balaban J connectivity index is 1.33. The van der Waals surface area contributed by atoms with E-state index >= 15 is 0 Å². The van der Waals surface area contributed by atoms with Gasteiger partial charge in [-0.2, -0.15) is 0 Å². The number of nitrogens with two attached hydrogens (primary N) is 1. The Morgan fingerprint density at radius 1 is 1.25 bits per heavy atom. The highest BCUT2D eigenvalue weighted by Crippen LogP contribution is 2.55. The molecule has 4 N–H and O–H groups in total. The van der Waals surface area contributed by atoms with Crippen molar-refractivity contribution in [2.24, 2.45) is 5.41 Å². The maximum atomic E-state index is 11.1. The molecule has 1 aliphatic heterocycles. The van der Waals surface area contributed by atoms with Gasteiger partial charge in [-0.15, -0.1) is 0 Å². The van der Waals surface area contributed by atoms with Crippen LogP contribution in [-0.2, 0) is 4.74 Å². The summed E-state index contributed by atoms with van der Waals surface area (Å²) in [4.78, 5) is 12.8. The van der Waals surface area contributed by atoms with Crippen LogP contribution in [0.1, 0.15) is 36.2 Å². The second-order valence-electron chi connectivity index (χ2n) is 9.00. The molecule has 166 valence electrons. The zero-order valence-corrected chi connectivity index (χ0v) is 18.1. The third kappa shape index (κ3) is 2.72. The van der Waals surface area contributed by atoms with Gasteiger partial charge in [-0.05, 0) is 31.9 Å². The van der Waals surface area contributed by atoms with Crippen molar-refractivity contribution in [3.05, 3.63) is 53.3 Å². The Morgan fingerprint density at radius 2 is 2.09 bits per heavy atom. The maximum absolute atomic E-state index is 11.1. The predicted octanol–water partition coefficient (Wildman–Crippen LogP) is 2.44. The highest BCUT2D eigenvalue weighted by Gasteiger charge is 2.57. The van der Waals surface area contributed by atoms with Crippen molar-refractivity contribution in [1.82, 2.24) is 23.9 Å². The number of aromatic nitrogens is 5. The number of aliphatic hydroxyl groups excluding tert-OH is 2. The largest absolute Gasteiger partial charge is 0.390 e. The normalized spacial score (nSPS) is 30.2. The fourth-order valence-electron chi connectivity index (χ4n) is 5.44. The minimum absolute atomic E-state index is 0.288.